The van der Waals surface area contributed by atoms with Crippen LogP contribution in [0.1, 0.15) is 54.2 Å². The Hall–Kier alpha value is -3.60. The van der Waals surface area contributed by atoms with Crippen LogP contribution in [0.4, 0.5) is 0 Å². The molecule has 1 aliphatic heterocycles. The number of benzene rings is 3. The van der Waals surface area contributed by atoms with Gasteiger partial charge < -0.3 is 14.2 Å². The molecule has 2 atom stereocenters. The fourth-order valence-electron chi connectivity index (χ4n) is 5.25. The van der Waals surface area contributed by atoms with Gasteiger partial charge >= 0.3 is 0 Å². The Kier molecular flexibility index (Phi) is 6.58. The summed E-state index contributed by atoms with van der Waals surface area (Å²) < 4.78 is 8.47. The number of ether oxygens (including phenoxy) is 1. The van der Waals surface area contributed by atoms with Gasteiger partial charge in [0.1, 0.15) is 11.6 Å². The molecule has 180 valence electrons. The van der Waals surface area contributed by atoms with Crippen molar-refractivity contribution in [2.75, 3.05) is 13.2 Å². The number of nitrogens with zero attached hydrogens (tertiary/aromatic N) is 3. The Morgan fingerprint density at radius 2 is 1.69 bits per heavy atom. The quantitative estimate of drug-likeness (QED) is 0.290. The van der Waals surface area contributed by atoms with Gasteiger partial charge in [-0.25, -0.2) is 4.98 Å². The van der Waals surface area contributed by atoms with Crippen LogP contribution < -0.4 is 4.74 Å². The van der Waals surface area contributed by atoms with Crippen molar-refractivity contribution in [3.63, 3.8) is 0 Å². The van der Waals surface area contributed by atoms with Crippen molar-refractivity contribution in [2.45, 2.75) is 52.1 Å². The Morgan fingerprint density at radius 1 is 0.971 bits per heavy atom. The number of carbonyl (C=O) groups is 1. The maximum Gasteiger partial charge on any atom is 0.223 e. The van der Waals surface area contributed by atoms with Crippen molar-refractivity contribution in [3.8, 4) is 5.75 Å². The van der Waals surface area contributed by atoms with Gasteiger partial charge in [-0.3, -0.25) is 4.79 Å². The molecule has 35 heavy (non-hydrogen) atoms. The highest BCUT2D eigenvalue weighted by Crippen LogP contribution is 2.35. The van der Waals surface area contributed by atoms with Crippen LogP contribution in [0.3, 0.4) is 0 Å². The zero-order chi connectivity index (χ0) is 24.4. The number of amides is 1. The molecule has 0 N–H and O–H groups in total. The third-order valence-corrected chi connectivity index (χ3v) is 7.14. The third kappa shape index (κ3) is 4.68. The molecule has 0 aliphatic carbocycles. The zero-order valence-corrected chi connectivity index (χ0v) is 20.8. The van der Waals surface area contributed by atoms with E-state index >= 15 is 0 Å². The summed E-state index contributed by atoms with van der Waals surface area (Å²) in [7, 11) is 0. The molecular formula is C30H33N3O2. The number of aryl methyl sites for hydroxylation is 3. The summed E-state index contributed by atoms with van der Waals surface area (Å²) in [6.07, 6.45) is 1.37. The molecular weight excluding hydrogens is 434 g/mol. The van der Waals surface area contributed by atoms with E-state index in [1.165, 1.54) is 5.56 Å². The lowest BCUT2D eigenvalue weighted by Crippen LogP contribution is -2.28. The van der Waals surface area contributed by atoms with Gasteiger partial charge in [0.15, 0.2) is 0 Å². The lowest BCUT2D eigenvalue weighted by Gasteiger charge is -2.25. The molecule has 1 aliphatic rings. The minimum atomic E-state index is 0.0530. The molecule has 5 nitrogen and oxygen atoms in total. The van der Waals surface area contributed by atoms with Crippen LogP contribution in [0, 0.1) is 13.8 Å². The first kappa shape index (κ1) is 23.2. The SMILES string of the molecule is Cc1cccc(C)c1OCCCn1c(C2CC(=O)N(C(C)c3ccccc3)C2)nc2ccccc21. The molecule has 1 aromatic heterocycles. The third-order valence-electron chi connectivity index (χ3n) is 7.14. The molecule has 2 unspecified atom stereocenters. The summed E-state index contributed by atoms with van der Waals surface area (Å²) in [6.45, 7) is 8.42. The minimum absolute atomic E-state index is 0.0530. The highest BCUT2D eigenvalue weighted by molar-refractivity contribution is 5.81. The van der Waals surface area contributed by atoms with E-state index in [9.17, 15) is 4.79 Å². The van der Waals surface area contributed by atoms with Gasteiger partial charge in [-0.1, -0.05) is 60.7 Å². The zero-order valence-electron chi connectivity index (χ0n) is 20.8. The highest BCUT2D eigenvalue weighted by Gasteiger charge is 2.36. The molecule has 5 heteroatoms. The lowest BCUT2D eigenvalue weighted by atomic mass is 10.1. The Bertz CT molecular complexity index is 1310. The molecule has 1 fully saturated rings. The average molecular weight is 468 g/mol. The van der Waals surface area contributed by atoms with E-state index in [-0.39, 0.29) is 17.9 Å². The van der Waals surface area contributed by atoms with Crippen LogP contribution in [0.15, 0.2) is 72.8 Å². The molecule has 0 spiro atoms. The second kappa shape index (κ2) is 9.95. The number of likely N-dealkylation sites (tertiary alicyclic amines) is 1. The monoisotopic (exact) mass is 467 g/mol. The molecule has 1 amide bonds. The van der Waals surface area contributed by atoms with Gasteiger partial charge in [0.05, 0.1) is 23.7 Å². The van der Waals surface area contributed by atoms with E-state index in [1.807, 2.05) is 29.2 Å². The minimum Gasteiger partial charge on any atom is -0.493 e. The van der Waals surface area contributed by atoms with Crippen LogP contribution in [-0.4, -0.2) is 33.5 Å². The molecule has 0 radical (unpaired) electrons. The molecule has 1 saturated heterocycles. The van der Waals surface area contributed by atoms with Crippen molar-refractivity contribution < 1.29 is 9.53 Å². The van der Waals surface area contributed by atoms with Crippen LogP contribution in [0.25, 0.3) is 11.0 Å². The van der Waals surface area contributed by atoms with Gasteiger partial charge in [-0.05, 0) is 56.0 Å². The Labute approximate surface area is 207 Å². The van der Waals surface area contributed by atoms with Gasteiger partial charge in [0, 0.05) is 25.4 Å². The summed E-state index contributed by atoms with van der Waals surface area (Å²) in [5, 5.41) is 0. The second-order valence-corrected chi connectivity index (χ2v) is 9.57. The molecule has 5 rings (SSSR count). The number of carbonyl (C=O) groups excluding carboxylic acids is 1. The number of aromatic nitrogens is 2. The first-order valence-corrected chi connectivity index (χ1v) is 12.5. The summed E-state index contributed by atoms with van der Waals surface area (Å²) >= 11 is 0. The molecule has 3 aromatic carbocycles. The number of para-hydroxylation sites is 3. The number of imidazole rings is 1. The van der Waals surface area contributed by atoms with E-state index in [0.29, 0.717) is 19.6 Å². The predicted octanol–water partition coefficient (Wildman–Crippen LogP) is 6.20. The first-order valence-electron chi connectivity index (χ1n) is 12.5. The smallest absolute Gasteiger partial charge is 0.223 e. The van der Waals surface area contributed by atoms with Crippen LogP contribution in [-0.2, 0) is 11.3 Å². The van der Waals surface area contributed by atoms with E-state index in [1.54, 1.807) is 0 Å². The van der Waals surface area contributed by atoms with Crippen molar-refractivity contribution in [1.82, 2.24) is 14.5 Å². The van der Waals surface area contributed by atoms with Crippen LogP contribution in [0.5, 0.6) is 5.75 Å². The van der Waals surface area contributed by atoms with E-state index in [0.717, 1.165) is 46.7 Å². The summed E-state index contributed by atoms with van der Waals surface area (Å²) in [4.78, 5) is 20.1. The standard InChI is InChI=1S/C30H33N3O2/c1-21-11-9-12-22(2)29(21)35-18-10-17-32-27-16-8-7-15-26(27)31-30(32)25-19-28(34)33(20-25)23(3)24-13-5-4-6-14-24/h4-9,11-16,23,25H,10,17-20H2,1-3H3. The number of fused-ring (bicyclic) bond motifs is 1. The predicted molar refractivity (Wildman–Crippen MR) is 140 cm³/mol. The highest BCUT2D eigenvalue weighted by atomic mass is 16.5. The van der Waals surface area contributed by atoms with E-state index in [4.69, 9.17) is 9.72 Å². The second-order valence-electron chi connectivity index (χ2n) is 9.57. The summed E-state index contributed by atoms with van der Waals surface area (Å²) in [6, 6.07) is 24.8. The van der Waals surface area contributed by atoms with Crippen molar-refractivity contribution in [1.29, 1.82) is 0 Å². The lowest BCUT2D eigenvalue weighted by molar-refractivity contribution is -0.129. The van der Waals surface area contributed by atoms with Gasteiger partial charge in [-0.2, -0.15) is 0 Å². The maximum absolute atomic E-state index is 13.0. The van der Waals surface area contributed by atoms with Crippen molar-refractivity contribution in [3.05, 3.63) is 95.3 Å². The number of hydrogen-bond acceptors (Lipinski definition) is 3. The number of hydrogen-bond donors (Lipinski definition) is 0. The van der Waals surface area contributed by atoms with Gasteiger partial charge in [-0.15, -0.1) is 0 Å². The summed E-state index contributed by atoms with van der Waals surface area (Å²) in [5.74, 6) is 2.27. The summed E-state index contributed by atoms with van der Waals surface area (Å²) in [5.41, 5.74) is 5.60. The van der Waals surface area contributed by atoms with Crippen molar-refractivity contribution >= 4 is 16.9 Å². The molecule has 2 heterocycles. The van der Waals surface area contributed by atoms with Crippen LogP contribution >= 0.6 is 0 Å². The van der Waals surface area contributed by atoms with Crippen molar-refractivity contribution in [2.24, 2.45) is 0 Å². The largest absolute Gasteiger partial charge is 0.493 e. The maximum atomic E-state index is 13.0. The first-order chi connectivity index (χ1) is 17.0. The Balaban J connectivity index is 1.34. The average Bonchev–Trinajstić information content (AvgIpc) is 3.44. The molecule has 4 aromatic rings. The van der Waals surface area contributed by atoms with Gasteiger partial charge in [0.25, 0.3) is 0 Å². The molecule has 0 bridgehead atoms. The topological polar surface area (TPSA) is 47.4 Å². The molecule has 0 saturated carbocycles. The normalized spacial score (nSPS) is 16.7. The Morgan fingerprint density at radius 3 is 2.46 bits per heavy atom. The fourth-order valence-corrected chi connectivity index (χ4v) is 5.25. The van der Waals surface area contributed by atoms with E-state index in [2.05, 4.69) is 73.9 Å². The van der Waals surface area contributed by atoms with E-state index < -0.39 is 0 Å². The van der Waals surface area contributed by atoms with Gasteiger partial charge in [0.2, 0.25) is 5.91 Å². The number of rotatable bonds is 8. The van der Waals surface area contributed by atoms with Crippen LogP contribution in [0.2, 0.25) is 0 Å². The fraction of sp³-hybridized carbons (Fsp3) is 0.333.